The lowest BCUT2D eigenvalue weighted by atomic mass is 10.2. The summed E-state index contributed by atoms with van der Waals surface area (Å²) >= 11 is 0. The third-order valence-electron chi connectivity index (χ3n) is 4.75. The third kappa shape index (κ3) is 5.32. The summed E-state index contributed by atoms with van der Waals surface area (Å²) in [4.78, 5) is 22.3. The first-order valence-corrected chi connectivity index (χ1v) is 9.87. The first-order chi connectivity index (χ1) is 14.0. The highest BCUT2D eigenvalue weighted by atomic mass is 19.1. The van der Waals surface area contributed by atoms with E-state index < -0.39 is 11.9 Å². The van der Waals surface area contributed by atoms with Gasteiger partial charge in [0.1, 0.15) is 5.75 Å². The number of fused-ring (bicyclic) bond motifs is 1. The second-order valence-electron chi connectivity index (χ2n) is 6.78. The zero-order valence-electron chi connectivity index (χ0n) is 17.0. The van der Waals surface area contributed by atoms with E-state index in [1.165, 1.54) is 0 Å². The molecular formula is C20H27FN6O2. The molecule has 1 atom stereocenters. The normalized spacial score (nSPS) is 15.5. The van der Waals surface area contributed by atoms with Crippen molar-refractivity contribution in [2.24, 2.45) is 0 Å². The van der Waals surface area contributed by atoms with Crippen LogP contribution in [-0.4, -0.2) is 53.1 Å². The molecule has 3 N–H and O–H groups in total. The van der Waals surface area contributed by atoms with Crippen molar-refractivity contribution in [1.29, 1.82) is 0 Å². The molecule has 9 heteroatoms. The molecule has 1 aliphatic heterocycles. The van der Waals surface area contributed by atoms with Gasteiger partial charge in [0.15, 0.2) is 17.7 Å². The molecule has 0 aliphatic carbocycles. The second kappa shape index (κ2) is 9.51. The predicted octanol–water partition coefficient (Wildman–Crippen LogP) is 3.22. The number of aromatic nitrogens is 2. The second-order valence-corrected chi connectivity index (χ2v) is 6.78. The van der Waals surface area contributed by atoms with Crippen molar-refractivity contribution in [3.8, 4) is 5.75 Å². The Hall–Kier alpha value is -2.94. The van der Waals surface area contributed by atoms with E-state index in [4.69, 9.17) is 4.74 Å². The summed E-state index contributed by atoms with van der Waals surface area (Å²) in [7, 11) is 0. The minimum Gasteiger partial charge on any atom is -0.479 e. The van der Waals surface area contributed by atoms with Crippen LogP contribution in [0.5, 0.6) is 5.75 Å². The van der Waals surface area contributed by atoms with E-state index in [1.54, 1.807) is 25.1 Å². The molecule has 1 aliphatic rings. The average molecular weight is 402 g/mol. The number of anilines is 4. The summed E-state index contributed by atoms with van der Waals surface area (Å²) in [5, 5.41) is 8.83. The summed E-state index contributed by atoms with van der Waals surface area (Å²) in [6.07, 6.45) is 1.53. The van der Waals surface area contributed by atoms with Gasteiger partial charge in [0.2, 0.25) is 5.95 Å². The molecule has 0 radical (unpaired) electrons. The molecule has 0 spiro atoms. The fourth-order valence-electron chi connectivity index (χ4n) is 3.01. The van der Waals surface area contributed by atoms with Crippen LogP contribution in [0.15, 0.2) is 24.4 Å². The van der Waals surface area contributed by atoms with Crippen LogP contribution in [0.2, 0.25) is 0 Å². The Morgan fingerprint density at radius 2 is 2.10 bits per heavy atom. The molecule has 3 rings (SSSR count). The zero-order chi connectivity index (χ0) is 20.8. The van der Waals surface area contributed by atoms with Gasteiger partial charge >= 0.3 is 0 Å². The van der Waals surface area contributed by atoms with Gasteiger partial charge in [-0.15, -0.1) is 0 Å². The maximum atomic E-state index is 14.2. The van der Waals surface area contributed by atoms with Gasteiger partial charge in [0.25, 0.3) is 5.91 Å². The number of halogens is 1. The Morgan fingerprint density at radius 3 is 2.86 bits per heavy atom. The molecule has 1 aromatic heterocycles. The number of amides is 1. The Balaban J connectivity index is 1.63. The SMILES string of the molecule is CCN(CC)CCCNc1ncc(F)c(Nc2ccc3c(c2)NC(=O)[C@H](C)O3)n1. The van der Waals surface area contributed by atoms with Crippen LogP contribution in [0.3, 0.4) is 0 Å². The van der Waals surface area contributed by atoms with Gasteiger partial charge in [0.05, 0.1) is 11.9 Å². The van der Waals surface area contributed by atoms with Crippen LogP contribution in [0.1, 0.15) is 27.2 Å². The number of nitrogens with one attached hydrogen (secondary N) is 3. The Morgan fingerprint density at radius 1 is 1.31 bits per heavy atom. The highest BCUT2D eigenvalue weighted by Gasteiger charge is 2.23. The van der Waals surface area contributed by atoms with E-state index >= 15 is 0 Å². The topological polar surface area (TPSA) is 91.4 Å². The fraction of sp³-hybridized carbons (Fsp3) is 0.450. The number of carbonyl (C=O) groups is 1. The molecule has 8 nitrogen and oxygen atoms in total. The molecule has 1 amide bonds. The zero-order valence-corrected chi connectivity index (χ0v) is 17.0. The number of nitrogens with zero attached hydrogens (tertiary/aromatic N) is 3. The third-order valence-corrected chi connectivity index (χ3v) is 4.75. The highest BCUT2D eigenvalue weighted by molar-refractivity contribution is 5.98. The molecule has 2 heterocycles. The maximum absolute atomic E-state index is 14.2. The summed E-state index contributed by atoms with van der Waals surface area (Å²) < 4.78 is 19.7. The van der Waals surface area contributed by atoms with E-state index in [1.807, 2.05) is 0 Å². The highest BCUT2D eigenvalue weighted by Crippen LogP contribution is 2.33. The number of carbonyl (C=O) groups excluding carboxylic acids is 1. The van der Waals surface area contributed by atoms with Crippen LogP contribution in [-0.2, 0) is 4.79 Å². The van der Waals surface area contributed by atoms with Gasteiger partial charge in [-0.25, -0.2) is 9.37 Å². The fourth-order valence-corrected chi connectivity index (χ4v) is 3.01. The molecule has 29 heavy (non-hydrogen) atoms. The number of ether oxygens (including phenoxy) is 1. The number of rotatable bonds is 9. The lowest BCUT2D eigenvalue weighted by molar-refractivity contribution is -0.122. The number of hydrogen-bond acceptors (Lipinski definition) is 7. The Labute approximate surface area is 169 Å². The van der Waals surface area contributed by atoms with Crippen LogP contribution in [0.4, 0.5) is 27.5 Å². The van der Waals surface area contributed by atoms with Crippen molar-refractivity contribution in [1.82, 2.24) is 14.9 Å². The lowest BCUT2D eigenvalue weighted by Crippen LogP contribution is -2.34. The molecule has 2 aromatic rings. The molecule has 0 bridgehead atoms. The van der Waals surface area contributed by atoms with Crippen molar-refractivity contribution < 1.29 is 13.9 Å². The smallest absolute Gasteiger partial charge is 0.265 e. The standard InChI is InChI=1S/C20H27FN6O2/c1-4-27(5-2)10-6-9-22-20-23-12-15(21)18(26-20)24-14-7-8-17-16(11-14)25-19(28)13(3)29-17/h7-8,11-13H,4-6,9-10H2,1-3H3,(H,25,28)(H2,22,23,24,26)/t13-/m0/s1. The summed E-state index contributed by atoms with van der Waals surface area (Å²) in [5.41, 5.74) is 1.11. The Kier molecular flexibility index (Phi) is 6.82. The van der Waals surface area contributed by atoms with Gasteiger partial charge in [-0.2, -0.15) is 4.98 Å². The quantitative estimate of drug-likeness (QED) is 0.555. The molecular weight excluding hydrogens is 375 g/mol. The van der Waals surface area contributed by atoms with E-state index in [9.17, 15) is 9.18 Å². The van der Waals surface area contributed by atoms with Crippen molar-refractivity contribution in [2.75, 3.05) is 42.1 Å². The van der Waals surface area contributed by atoms with E-state index in [2.05, 4.69) is 44.7 Å². The van der Waals surface area contributed by atoms with Crippen LogP contribution in [0.25, 0.3) is 0 Å². The van der Waals surface area contributed by atoms with Gasteiger partial charge in [-0.3, -0.25) is 4.79 Å². The van der Waals surface area contributed by atoms with E-state index in [0.29, 0.717) is 29.6 Å². The summed E-state index contributed by atoms with van der Waals surface area (Å²) in [6, 6.07) is 5.14. The van der Waals surface area contributed by atoms with Crippen LogP contribution in [0, 0.1) is 5.82 Å². The molecule has 0 unspecified atom stereocenters. The van der Waals surface area contributed by atoms with Gasteiger partial charge in [-0.1, -0.05) is 13.8 Å². The monoisotopic (exact) mass is 402 g/mol. The molecule has 1 aromatic carbocycles. The van der Waals surface area contributed by atoms with E-state index in [-0.39, 0.29) is 11.7 Å². The van der Waals surface area contributed by atoms with Crippen molar-refractivity contribution >= 4 is 29.0 Å². The number of hydrogen-bond donors (Lipinski definition) is 3. The van der Waals surface area contributed by atoms with Gasteiger partial charge in [-0.05, 0) is 51.2 Å². The summed E-state index contributed by atoms with van der Waals surface area (Å²) in [6.45, 7) is 9.66. The first kappa shape index (κ1) is 20.8. The van der Waals surface area contributed by atoms with Crippen molar-refractivity contribution in [2.45, 2.75) is 33.3 Å². The van der Waals surface area contributed by atoms with Crippen LogP contribution >= 0.6 is 0 Å². The minimum atomic E-state index is -0.565. The van der Waals surface area contributed by atoms with Gasteiger partial charge < -0.3 is 25.6 Å². The molecule has 0 fully saturated rings. The van der Waals surface area contributed by atoms with Crippen molar-refractivity contribution in [3.05, 3.63) is 30.2 Å². The maximum Gasteiger partial charge on any atom is 0.265 e. The number of benzene rings is 1. The van der Waals surface area contributed by atoms with Crippen molar-refractivity contribution in [3.63, 3.8) is 0 Å². The van der Waals surface area contributed by atoms with E-state index in [0.717, 1.165) is 32.3 Å². The lowest BCUT2D eigenvalue weighted by Gasteiger charge is -2.23. The van der Waals surface area contributed by atoms with Crippen LogP contribution < -0.4 is 20.7 Å². The molecule has 156 valence electrons. The largest absolute Gasteiger partial charge is 0.479 e. The Bertz CT molecular complexity index is 859. The molecule has 0 saturated carbocycles. The predicted molar refractivity (Wildman–Crippen MR) is 111 cm³/mol. The molecule has 0 saturated heterocycles. The minimum absolute atomic E-state index is 0.0580. The van der Waals surface area contributed by atoms with Gasteiger partial charge in [0, 0.05) is 12.2 Å². The average Bonchev–Trinajstić information content (AvgIpc) is 2.71. The summed E-state index contributed by atoms with van der Waals surface area (Å²) in [5.74, 6) is 0.199. The first-order valence-electron chi connectivity index (χ1n) is 9.87.